The Morgan fingerprint density at radius 1 is 1.29 bits per heavy atom. The quantitative estimate of drug-likeness (QED) is 0.611. The van der Waals surface area contributed by atoms with Crippen LogP contribution in [0.25, 0.3) is 0 Å². The number of anilines is 1. The normalized spacial score (nSPS) is 14.9. The second kappa shape index (κ2) is 7.53. The maximum atomic E-state index is 11.8. The van der Waals surface area contributed by atoms with Crippen LogP contribution in [0.4, 0.5) is 5.95 Å². The van der Waals surface area contributed by atoms with Gasteiger partial charge in [0.2, 0.25) is 0 Å². The zero-order chi connectivity index (χ0) is 16.8. The summed E-state index contributed by atoms with van der Waals surface area (Å²) in [7, 11) is 0. The molecule has 0 aliphatic carbocycles. The van der Waals surface area contributed by atoms with Crippen LogP contribution in [0.1, 0.15) is 24.8 Å². The molecule has 1 amide bonds. The number of phenolic OH excluding ortho intramolecular Hbond substituents is 1. The molecule has 1 aromatic heterocycles. The van der Waals surface area contributed by atoms with E-state index in [0.717, 1.165) is 25.9 Å². The summed E-state index contributed by atoms with van der Waals surface area (Å²) < 4.78 is 0. The van der Waals surface area contributed by atoms with Crippen molar-refractivity contribution in [2.24, 2.45) is 5.10 Å². The highest BCUT2D eigenvalue weighted by Gasteiger charge is 2.16. The highest BCUT2D eigenvalue weighted by Crippen LogP contribution is 2.14. The van der Waals surface area contributed by atoms with Crippen LogP contribution in [0.3, 0.4) is 0 Å². The molecule has 24 heavy (non-hydrogen) atoms. The van der Waals surface area contributed by atoms with Gasteiger partial charge in [0, 0.05) is 18.7 Å². The Kier molecular flexibility index (Phi) is 4.99. The molecular formula is C15H19N7O2. The standard InChI is InChI=1S/C15H19N7O2/c23-13-7-3-2-6-12(13)10-16-17-14(24)11-22-19-15(18-20-22)21-8-4-1-5-9-21/h2-3,6-7,10,23H,1,4-5,8-9,11H2,(H,17,24)/b16-10+. The van der Waals surface area contributed by atoms with Crippen molar-refractivity contribution in [2.45, 2.75) is 25.8 Å². The van der Waals surface area contributed by atoms with E-state index in [0.29, 0.717) is 11.5 Å². The van der Waals surface area contributed by atoms with Crippen LogP contribution in [0.15, 0.2) is 29.4 Å². The molecule has 9 nitrogen and oxygen atoms in total. The molecule has 0 saturated carbocycles. The second-order valence-electron chi connectivity index (χ2n) is 5.52. The topological polar surface area (TPSA) is 109 Å². The lowest BCUT2D eigenvalue weighted by molar-refractivity contribution is -0.122. The van der Waals surface area contributed by atoms with Gasteiger partial charge in [-0.05, 0) is 36.6 Å². The number of aromatic hydroxyl groups is 1. The van der Waals surface area contributed by atoms with Gasteiger partial charge in [-0.25, -0.2) is 5.43 Å². The van der Waals surface area contributed by atoms with E-state index in [9.17, 15) is 9.90 Å². The van der Waals surface area contributed by atoms with Crippen LogP contribution in [-0.4, -0.2) is 50.5 Å². The lowest BCUT2D eigenvalue weighted by Gasteiger charge is -2.24. The molecule has 1 fully saturated rings. The van der Waals surface area contributed by atoms with Gasteiger partial charge in [-0.15, -0.1) is 5.10 Å². The average molecular weight is 329 g/mol. The molecule has 0 unspecified atom stereocenters. The minimum atomic E-state index is -0.371. The van der Waals surface area contributed by atoms with Gasteiger partial charge in [0.25, 0.3) is 11.9 Å². The Labute approximate surface area is 139 Å². The van der Waals surface area contributed by atoms with E-state index < -0.39 is 0 Å². The molecule has 0 radical (unpaired) electrons. The summed E-state index contributed by atoms with van der Waals surface area (Å²) in [5.41, 5.74) is 2.89. The number of benzene rings is 1. The molecule has 0 spiro atoms. The molecule has 2 heterocycles. The fourth-order valence-electron chi connectivity index (χ4n) is 2.46. The third kappa shape index (κ3) is 4.06. The first-order chi connectivity index (χ1) is 11.7. The minimum absolute atomic E-state index is 0.0705. The molecule has 126 valence electrons. The zero-order valence-corrected chi connectivity index (χ0v) is 13.2. The molecule has 0 atom stereocenters. The van der Waals surface area contributed by atoms with Crippen molar-refractivity contribution in [1.29, 1.82) is 0 Å². The van der Waals surface area contributed by atoms with E-state index in [1.807, 2.05) is 0 Å². The van der Waals surface area contributed by atoms with E-state index in [2.05, 4.69) is 30.8 Å². The molecule has 9 heteroatoms. The van der Waals surface area contributed by atoms with Gasteiger partial charge < -0.3 is 10.0 Å². The van der Waals surface area contributed by atoms with Crippen molar-refractivity contribution in [3.8, 4) is 5.75 Å². The highest BCUT2D eigenvalue weighted by molar-refractivity contribution is 5.84. The Morgan fingerprint density at radius 3 is 2.88 bits per heavy atom. The van der Waals surface area contributed by atoms with Crippen molar-refractivity contribution in [3.63, 3.8) is 0 Å². The Bertz CT molecular complexity index is 722. The number of nitrogens with one attached hydrogen (secondary N) is 1. The third-order valence-electron chi connectivity index (χ3n) is 3.70. The Hall–Kier alpha value is -2.97. The van der Waals surface area contributed by atoms with Crippen LogP contribution < -0.4 is 10.3 Å². The molecule has 1 aromatic carbocycles. The number of carbonyl (C=O) groups is 1. The van der Waals surface area contributed by atoms with Gasteiger partial charge >= 0.3 is 0 Å². The minimum Gasteiger partial charge on any atom is -0.507 e. The van der Waals surface area contributed by atoms with Crippen molar-refractivity contribution in [2.75, 3.05) is 18.0 Å². The number of hydrogen-bond acceptors (Lipinski definition) is 7. The first-order valence-corrected chi connectivity index (χ1v) is 7.85. The van der Waals surface area contributed by atoms with Crippen LogP contribution in [-0.2, 0) is 11.3 Å². The Morgan fingerprint density at radius 2 is 2.08 bits per heavy atom. The fourth-order valence-corrected chi connectivity index (χ4v) is 2.46. The largest absolute Gasteiger partial charge is 0.507 e. The molecule has 2 N–H and O–H groups in total. The second-order valence-corrected chi connectivity index (χ2v) is 5.52. The number of hydrazone groups is 1. The molecule has 2 aromatic rings. The first-order valence-electron chi connectivity index (χ1n) is 7.85. The number of rotatable bonds is 5. The molecule has 3 rings (SSSR count). The summed E-state index contributed by atoms with van der Waals surface area (Å²) in [6.07, 6.45) is 4.84. The van der Waals surface area contributed by atoms with Crippen molar-refractivity contribution in [3.05, 3.63) is 29.8 Å². The zero-order valence-electron chi connectivity index (χ0n) is 13.2. The van der Waals surface area contributed by atoms with Crippen LogP contribution in [0.5, 0.6) is 5.75 Å². The van der Waals surface area contributed by atoms with Gasteiger partial charge in [-0.2, -0.15) is 9.90 Å². The summed E-state index contributed by atoms with van der Waals surface area (Å²) >= 11 is 0. The lowest BCUT2D eigenvalue weighted by atomic mass is 10.1. The number of hydrogen-bond donors (Lipinski definition) is 2. The van der Waals surface area contributed by atoms with Gasteiger partial charge in [0.15, 0.2) is 0 Å². The van der Waals surface area contributed by atoms with Gasteiger partial charge in [-0.3, -0.25) is 4.79 Å². The summed E-state index contributed by atoms with van der Waals surface area (Å²) in [6, 6.07) is 6.71. The molecule has 0 bridgehead atoms. The van der Waals surface area contributed by atoms with Crippen LogP contribution >= 0.6 is 0 Å². The average Bonchev–Trinajstić information content (AvgIpc) is 3.06. The van der Waals surface area contributed by atoms with Gasteiger partial charge in [-0.1, -0.05) is 17.2 Å². The van der Waals surface area contributed by atoms with Crippen LogP contribution in [0.2, 0.25) is 0 Å². The predicted molar refractivity (Wildman–Crippen MR) is 87.7 cm³/mol. The van der Waals surface area contributed by atoms with Gasteiger partial charge in [0.1, 0.15) is 12.3 Å². The van der Waals surface area contributed by atoms with Gasteiger partial charge in [0.05, 0.1) is 6.21 Å². The number of amides is 1. The summed E-state index contributed by atoms with van der Waals surface area (Å²) in [4.78, 5) is 15.2. The van der Waals surface area contributed by atoms with Crippen molar-refractivity contribution in [1.82, 2.24) is 25.6 Å². The number of piperidine rings is 1. The van der Waals surface area contributed by atoms with E-state index in [1.165, 1.54) is 17.4 Å². The first kappa shape index (κ1) is 15.9. The number of nitrogens with zero attached hydrogens (tertiary/aromatic N) is 6. The van der Waals surface area contributed by atoms with E-state index in [4.69, 9.17) is 0 Å². The molecular weight excluding hydrogens is 310 g/mol. The third-order valence-corrected chi connectivity index (χ3v) is 3.70. The molecule has 1 saturated heterocycles. The van der Waals surface area contributed by atoms with E-state index in [1.54, 1.807) is 24.3 Å². The predicted octanol–water partition coefficient (Wildman–Crippen LogP) is 0.519. The fraction of sp³-hybridized carbons (Fsp3) is 0.400. The number of aromatic nitrogens is 4. The highest BCUT2D eigenvalue weighted by atomic mass is 16.3. The van der Waals surface area contributed by atoms with Crippen molar-refractivity contribution < 1.29 is 9.90 Å². The molecule has 1 aliphatic rings. The van der Waals surface area contributed by atoms with E-state index >= 15 is 0 Å². The lowest BCUT2D eigenvalue weighted by Crippen LogP contribution is -2.30. The smallest absolute Gasteiger partial charge is 0.266 e. The summed E-state index contributed by atoms with van der Waals surface area (Å²) in [5, 5.41) is 25.5. The number of carbonyl (C=O) groups excluding carboxylic acids is 1. The maximum absolute atomic E-state index is 11.8. The summed E-state index contributed by atoms with van der Waals surface area (Å²) in [5.74, 6) is 0.282. The maximum Gasteiger partial charge on any atom is 0.266 e. The Balaban J connectivity index is 1.52. The summed E-state index contributed by atoms with van der Waals surface area (Å²) in [6.45, 7) is 1.77. The number of para-hydroxylation sites is 1. The van der Waals surface area contributed by atoms with Crippen LogP contribution in [0, 0.1) is 0 Å². The molecule has 1 aliphatic heterocycles. The van der Waals surface area contributed by atoms with E-state index in [-0.39, 0.29) is 18.2 Å². The number of phenols is 1. The number of tetrazole rings is 1. The van der Waals surface area contributed by atoms with Crippen molar-refractivity contribution >= 4 is 18.1 Å². The monoisotopic (exact) mass is 329 g/mol. The SMILES string of the molecule is O=C(Cn1nnc(N2CCCCC2)n1)N/N=C/c1ccccc1O.